The molecule has 0 saturated carbocycles. The number of ether oxygens (including phenoxy) is 2. The van der Waals surface area contributed by atoms with E-state index in [0.29, 0.717) is 24.5 Å². The molecular formula is C24H25N3O7S. The summed E-state index contributed by atoms with van der Waals surface area (Å²) in [5, 5.41) is 17.0. The molecule has 0 heterocycles. The van der Waals surface area contributed by atoms with Gasteiger partial charge in [-0.2, -0.15) is 0 Å². The van der Waals surface area contributed by atoms with Gasteiger partial charge in [-0.15, -0.1) is 0 Å². The molecule has 0 atom stereocenters. The van der Waals surface area contributed by atoms with Crippen LogP contribution in [0.3, 0.4) is 0 Å². The van der Waals surface area contributed by atoms with Crippen LogP contribution in [0.5, 0.6) is 11.5 Å². The fourth-order valence-corrected chi connectivity index (χ4v) is 5.03. The van der Waals surface area contributed by atoms with Gasteiger partial charge >= 0.3 is 0 Å². The van der Waals surface area contributed by atoms with E-state index >= 15 is 0 Å². The van der Waals surface area contributed by atoms with Crippen molar-refractivity contribution in [1.82, 2.24) is 5.32 Å². The maximum absolute atomic E-state index is 13.2. The SMILES string of the molecule is COc1ccc(CCNC(=O)CNc2cccc([N+](=O)[O-])c2S(=O)(=O)c2ccccc2)cc1OC. The summed E-state index contributed by atoms with van der Waals surface area (Å²) in [5.41, 5.74) is 0.316. The van der Waals surface area contributed by atoms with E-state index in [0.717, 1.165) is 11.6 Å². The van der Waals surface area contributed by atoms with Gasteiger partial charge in [-0.3, -0.25) is 14.9 Å². The molecule has 0 aromatic heterocycles. The molecule has 0 bridgehead atoms. The number of hydrogen-bond donors (Lipinski definition) is 2. The van der Waals surface area contributed by atoms with Crippen LogP contribution in [0.15, 0.2) is 76.5 Å². The van der Waals surface area contributed by atoms with E-state index < -0.39 is 31.3 Å². The van der Waals surface area contributed by atoms with E-state index in [-0.39, 0.29) is 17.1 Å². The number of anilines is 1. The lowest BCUT2D eigenvalue weighted by Crippen LogP contribution is -2.31. The molecule has 0 radical (unpaired) electrons. The summed E-state index contributed by atoms with van der Waals surface area (Å²) < 4.78 is 36.8. The topological polar surface area (TPSA) is 137 Å². The first kappa shape index (κ1) is 25.5. The van der Waals surface area contributed by atoms with E-state index in [9.17, 15) is 23.3 Å². The molecule has 2 N–H and O–H groups in total. The van der Waals surface area contributed by atoms with E-state index in [2.05, 4.69) is 10.6 Å². The fraction of sp³-hybridized carbons (Fsp3) is 0.208. The Morgan fingerprint density at radius 2 is 1.69 bits per heavy atom. The van der Waals surface area contributed by atoms with Gasteiger partial charge < -0.3 is 20.1 Å². The summed E-state index contributed by atoms with van der Waals surface area (Å²) in [6, 6.07) is 16.7. The lowest BCUT2D eigenvalue weighted by atomic mass is 10.1. The first-order valence-electron chi connectivity index (χ1n) is 10.6. The highest BCUT2D eigenvalue weighted by atomic mass is 32.2. The third kappa shape index (κ3) is 6.07. The predicted octanol–water partition coefficient (Wildman–Crippen LogP) is 3.22. The van der Waals surface area contributed by atoms with Crippen molar-refractivity contribution in [2.75, 3.05) is 32.6 Å². The van der Waals surface area contributed by atoms with E-state index in [1.54, 1.807) is 19.2 Å². The van der Waals surface area contributed by atoms with Crippen molar-refractivity contribution in [1.29, 1.82) is 0 Å². The summed E-state index contributed by atoms with van der Waals surface area (Å²) in [4.78, 5) is 22.6. The zero-order valence-corrected chi connectivity index (χ0v) is 20.0. The summed E-state index contributed by atoms with van der Waals surface area (Å²) in [5.74, 6) is 0.776. The number of benzene rings is 3. The monoisotopic (exact) mass is 499 g/mol. The Morgan fingerprint density at radius 1 is 0.971 bits per heavy atom. The van der Waals surface area contributed by atoms with Gasteiger partial charge in [0.1, 0.15) is 0 Å². The Kier molecular flexibility index (Phi) is 8.26. The van der Waals surface area contributed by atoms with Crippen LogP contribution in [0, 0.1) is 10.1 Å². The number of carbonyl (C=O) groups is 1. The Labute approximate surface area is 203 Å². The summed E-state index contributed by atoms with van der Waals surface area (Å²) in [6.07, 6.45) is 0.524. The van der Waals surface area contributed by atoms with Crippen LogP contribution in [-0.2, 0) is 21.1 Å². The van der Waals surface area contributed by atoms with Gasteiger partial charge in [0, 0.05) is 12.6 Å². The number of nitro groups is 1. The van der Waals surface area contributed by atoms with Crippen molar-refractivity contribution in [2.24, 2.45) is 0 Å². The molecule has 35 heavy (non-hydrogen) atoms. The molecular weight excluding hydrogens is 474 g/mol. The number of sulfone groups is 1. The number of carbonyl (C=O) groups excluding carboxylic acids is 1. The Balaban J connectivity index is 1.70. The van der Waals surface area contributed by atoms with Crippen LogP contribution >= 0.6 is 0 Å². The zero-order valence-electron chi connectivity index (χ0n) is 19.2. The molecule has 0 aliphatic heterocycles. The smallest absolute Gasteiger partial charge is 0.290 e. The molecule has 0 aliphatic rings. The molecule has 10 nitrogen and oxygen atoms in total. The number of hydrogen-bond acceptors (Lipinski definition) is 8. The average Bonchev–Trinajstić information content (AvgIpc) is 2.87. The molecule has 0 spiro atoms. The highest BCUT2D eigenvalue weighted by Gasteiger charge is 2.31. The number of nitrogens with one attached hydrogen (secondary N) is 2. The van der Waals surface area contributed by atoms with E-state index in [1.165, 1.54) is 43.5 Å². The Morgan fingerprint density at radius 3 is 2.34 bits per heavy atom. The second kappa shape index (κ2) is 11.3. The van der Waals surface area contributed by atoms with Crippen LogP contribution in [0.4, 0.5) is 11.4 Å². The normalized spacial score (nSPS) is 10.9. The highest BCUT2D eigenvalue weighted by Crippen LogP contribution is 2.35. The minimum atomic E-state index is -4.22. The number of nitrogens with zero attached hydrogens (tertiary/aromatic N) is 1. The molecule has 0 saturated heterocycles. The van der Waals surface area contributed by atoms with Gasteiger partial charge in [0.05, 0.1) is 36.3 Å². The van der Waals surface area contributed by atoms with Gasteiger partial charge in [-0.1, -0.05) is 30.3 Å². The second-order valence-electron chi connectivity index (χ2n) is 7.37. The van der Waals surface area contributed by atoms with Crippen LogP contribution in [0.2, 0.25) is 0 Å². The van der Waals surface area contributed by atoms with Gasteiger partial charge in [0.2, 0.25) is 15.7 Å². The lowest BCUT2D eigenvalue weighted by Gasteiger charge is -2.13. The maximum atomic E-state index is 13.2. The number of rotatable bonds is 11. The standard InChI is InChI=1S/C24H25N3O7S/c1-33-21-12-11-17(15-22(21)34-2)13-14-25-23(28)16-26-19-9-6-10-20(27(29)30)24(19)35(31,32)18-7-4-3-5-8-18/h3-12,15,26H,13-14,16H2,1-2H3,(H,25,28). The molecule has 0 unspecified atom stereocenters. The van der Waals surface area contributed by atoms with Crippen molar-refractivity contribution in [3.63, 3.8) is 0 Å². The van der Waals surface area contributed by atoms with Crippen molar-refractivity contribution in [3.05, 3.63) is 82.4 Å². The molecule has 184 valence electrons. The van der Waals surface area contributed by atoms with E-state index in [1.807, 2.05) is 12.1 Å². The first-order chi connectivity index (χ1) is 16.8. The van der Waals surface area contributed by atoms with Crippen LogP contribution < -0.4 is 20.1 Å². The fourth-order valence-electron chi connectivity index (χ4n) is 3.43. The van der Waals surface area contributed by atoms with Gasteiger partial charge in [-0.25, -0.2) is 8.42 Å². The van der Waals surface area contributed by atoms with Crippen LogP contribution in [-0.4, -0.2) is 46.6 Å². The Hall–Kier alpha value is -4.12. The van der Waals surface area contributed by atoms with Crippen LogP contribution in [0.1, 0.15) is 5.56 Å². The average molecular weight is 500 g/mol. The highest BCUT2D eigenvalue weighted by molar-refractivity contribution is 7.91. The summed E-state index contributed by atoms with van der Waals surface area (Å²) >= 11 is 0. The predicted molar refractivity (Wildman–Crippen MR) is 130 cm³/mol. The third-order valence-electron chi connectivity index (χ3n) is 5.14. The van der Waals surface area contributed by atoms with Crippen LogP contribution in [0.25, 0.3) is 0 Å². The third-order valence-corrected chi connectivity index (χ3v) is 7.00. The molecule has 1 amide bonds. The largest absolute Gasteiger partial charge is 0.493 e. The molecule has 11 heteroatoms. The van der Waals surface area contributed by atoms with Crippen molar-refractivity contribution < 1.29 is 27.6 Å². The molecule has 3 aromatic rings. The first-order valence-corrected chi connectivity index (χ1v) is 12.0. The number of methoxy groups -OCH3 is 2. The number of amides is 1. The lowest BCUT2D eigenvalue weighted by molar-refractivity contribution is -0.387. The van der Waals surface area contributed by atoms with Gasteiger partial charge in [-0.05, 0) is 42.3 Å². The maximum Gasteiger partial charge on any atom is 0.290 e. The van der Waals surface area contributed by atoms with Crippen molar-refractivity contribution >= 4 is 27.1 Å². The van der Waals surface area contributed by atoms with E-state index in [4.69, 9.17) is 9.47 Å². The zero-order chi connectivity index (χ0) is 25.4. The van der Waals surface area contributed by atoms with Crippen molar-refractivity contribution in [3.8, 4) is 11.5 Å². The summed E-state index contributed by atoms with van der Waals surface area (Å²) in [6.45, 7) is 0.0461. The number of nitro benzene ring substituents is 1. The minimum Gasteiger partial charge on any atom is -0.493 e. The summed E-state index contributed by atoms with van der Waals surface area (Å²) in [7, 11) is -1.14. The van der Waals surface area contributed by atoms with Gasteiger partial charge in [0.25, 0.3) is 5.69 Å². The quantitative estimate of drug-likeness (QED) is 0.303. The molecule has 0 aliphatic carbocycles. The molecule has 0 fully saturated rings. The van der Waals surface area contributed by atoms with Gasteiger partial charge in [0.15, 0.2) is 16.4 Å². The minimum absolute atomic E-state index is 0.0295. The molecule has 3 rings (SSSR count). The Bertz CT molecular complexity index is 1310. The van der Waals surface area contributed by atoms with Crippen molar-refractivity contribution in [2.45, 2.75) is 16.2 Å². The second-order valence-corrected chi connectivity index (χ2v) is 9.26. The molecule has 3 aromatic carbocycles.